The van der Waals surface area contributed by atoms with Gasteiger partial charge in [0.25, 0.3) is 0 Å². The molecule has 11 heterocycles. The number of rotatable bonds is 33. The molecule has 33 N–H and O–H groups in total. The zero-order valence-corrected chi connectivity index (χ0v) is 71.3. The number of hydrogen-bond acceptors (Lipinski definition) is 54. The van der Waals surface area contributed by atoms with E-state index in [1.165, 1.54) is 13.8 Å². The molecule has 11 saturated heterocycles. The molecule has 4 amide bonds. The summed E-state index contributed by atoms with van der Waals surface area (Å²) in [4.78, 5) is 53.6. The van der Waals surface area contributed by atoms with E-state index < -0.39 is 421 Å². The summed E-state index contributed by atoms with van der Waals surface area (Å²) >= 11 is 0. The second kappa shape index (κ2) is 47.0. The summed E-state index contributed by atoms with van der Waals surface area (Å²) in [6.07, 6.45) is -109. The van der Waals surface area contributed by atoms with E-state index >= 15 is 0 Å². The lowest BCUT2D eigenvalue weighted by Gasteiger charge is -2.52. The van der Waals surface area contributed by atoms with Gasteiger partial charge < -0.3 is 269 Å². The zero-order chi connectivity index (χ0) is 97.1. The Morgan fingerprint density at radius 3 is 0.886 bits per heavy atom. The van der Waals surface area contributed by atoms with Crippen molar-refractivity contribution < 1.29 is 267 Å². The van der Waals surface area contributed by atoms with E-state index in [0.717, 1.165) is 27.7 Å². The molecule has 764 valence electrons. The largest absolute Gasteiger partial charge is 0.394 e. The Kier molecular flexibility index (Phi) is 38.5. The van der Waals surface area contributed by atoms with Crippen molar-refractivity contribution in [3.05, 3.63) is 0 Å². The predicted octanol–water partition coefficient (Wildman–Crippen LogP) is -22.3. The first-order chi connectivity index (χ1) is 62.4. The number of carbonyl (C=O) groups excluding carboxylic acids is 4. The fourth-order valence-corrected chi connectivity index (χ4v) is 17.3. The third-order valence-electron chi connectivity index (χ3n) is 24.5. The monoisotopic (exact) mass is 1930 g/mol. The normalized spacial score (nSPS) is 50.4. The average Bonchev–Trinajstić information content (AvgIpc) is 0.757. The highest BCUT2D eigenvalue weighted by Crippen LogP contribution is 2.42. The van der Waals surface area contributed by atoms with Gasteiger partial charge in [0.15, 0.2) is 69.2 Å². The molecule has 0 aromatic rings. The Morgan fingerprint density at radius 1 is 0.212 bits per heavy atom. The van der Waals surface area contributed by atoms with Gasteiger partial charge in [-0.15, -0.1) is 0 Å². The quantitative estimate of drug-likeness (QED) is 0.0290. The minimum atomic E-state index is -2.71. The fraction of sp³-hybridized carbons (Fsp3) is 0.946. The van der Waals surface area contributed by atoms with Crippen LogP contribution in [0.5, 0.6) is 0 Å². The van der Waals surface area contributed by atoms with Crippen molar-refractivity contribution >= 4 is 23.6 Å². The minimum Gasteiger partial charge on any atom is -0.394 e. The van der Waals surface area contributed by atoms with E-state index in [4.69, 9.17) is 99.5 Å². The molecule has 0 aromatic carbocycles. The molecular formula is C74H124N4O54. The van der Waals surface area contributed by atoms with Gasteiger partial charge in [0.2, 0.25) is 23.6 Å². The van der Waals surface area contributed by atoms with Gasteiger partial charge >= 0.3 is 0 Å². The maximum absolute atomic E-state index is 13.8. The first kappa shape index (κ1) is 108. The van der Waals surface area contributed by atoms with Crippen molar-refractivity contribution in [1.82, 2.24) is 21.3 Å². The van der Waals surface area contributed by atoms with Crippen LogP contribution in [-0.2, 0) is 119 Å². The maximum atomic E-state index is 13.8. The van der Waals surface area contributed by atoms with E-state index in [2.05, 4.69) is 21.3 Å². The fourth-order valence-electron chi connectivity index (χ4n) is 17.3. The van der Waals surface area contributed by atoms with Gasteiger partial charge in [0.1, 0.15) is 256 Å². The zero-order valence-electron chi connectivity index (χ0n) is 71.3. The molecular weight excluding hydrogens is 1810 g/mol. The predicted molar refractivity (Wildman–Crippen MR) is 406 cm³/mol. The lowest BCUT2D eigenvalue weighted by molar-refractivity contribution is -0.401. The molecule has 0 aromatic heterocycles. The Bertz CT molecular complexity index is 3610. The lowest BCUT2D eigenvalue weighted by Crippen LogP contribution is -2.72. The van der Waals surface area contributed by atoms with Gasteiger partial charge in [-0.25, -0.2) is 0 Å². The number of nitrogens with one attached hydrogen (secondary N) is 4. The molecule has 132 heavy (non-hydrogen) atoms. The SMILES string of the molecule is CC(=O)N[C@H]1[C@@H](O[C@H]2[C@@H](O)[C@@H](CO)O[C@@H](O[C@H]3[C@H](O)[C@@H](CO)O[C@@H](O[C@H]4[C@@H](O)[C@@H](CO[C@@H]5O[C@H](CO)[C@@H](O)[C@H](O[C@@H]6O[C@H](CO)[C@H](O)[C@H](O)[C@H]6O[C@@H]6O[C@@H](C)[C@@H](O)[C@@H](O)[C@@H]6O)[C@H]5NC(C)=O)O[C@@H](O[C@H]5[C@H](O)[C@@H](CO)O[C@@H](O[C@H]6[C@@H](O)[C@@H](CO)O[C@@H](O[C@H]7[C@H](O)[C@@H](O)[C@H](O)O[C@@H]7CO)[C@@H]6O)[C@@H]5NC(C)=O)[C@@H]4O)[C@@H]3NC(C)=O)[C@@H]2O[C@@H]2O[C@@H](C)[C@@H](O)[C@@H](O)[C@@H]2O)O[C@H](CO)[C@H](O)[C@@H]1O. The second-order valence-electron chi connectivity index (χ2n) is 33.7. The topological polar surface area (TPSA) is 897 Å². The molecule has 58 heteroatoms. The molecule has 11 rings (SSSR count). The third kappa shape index (κ3) is 23.5. The number of aliphatic hydroxyl groups is 29. The van der Waals surface area contributed by atoms with Gasteiger partial charge in [-0.1, -0.05) is 0 Å². The molecule has 0 unspecified atom stereocenters. The molecule has 11 fully saturated rings. The lowest BCUT2D eigenvalue weighted by atomic mass is 9.93. The van der Waals surface area contributed by atoms with Crippen molar-refractivity contribution in [2.75, 3.05) is 59.5 Å². The molecule has 0 aliphatic carbocycles. The average molecular weight is 1930 g/mol. The van der Waals surface area contributed by atoms with Crippen molar-refractivity contribution in [3.63, 3.8) is 0 Å². The van der Waals surface area contributed by atoms with Crippen molar-refractivity contribution in [1.29, 1.82) is 0 Å². The Morgan fingerprint density at radius 2 is 0.477 bits per heavy atom. The van der Waals surface area contributed by atoms with Crippen LogP contribution in [0.1, 0.15) is 41.5 Å². The van der Waals surface area contributed by atoms with Crippen LogP contribution >= 0.6 is 0 Å². The summed E-state index contributed by atoms with van der Waals surface area (Å²) in [5.41, 5.74) is 0. The van der Waals surface area contributed by atoms with Crippen LogP contribution in [0.4, 0.5) is 0 Å². The van der Waals surface area contributed by atoms with Crippen LogP contribution < -0.4 is 21.3 Å². The summed E-state index contributed by atoms with van der Waals surface area (Å²) in [6.45, 7) is -4.50. The minimum absolute atomic E-state index is 0.858. The first-order valence-electron chi connectivity index (χ1n) is 42.4. The molecule has 11 aliphatic heterocycles. The summed E-state index contributed by atoms with van der Waals surface area (Å²) in [5.74, 6) is -4.09. The number of ether oxygens (including phenoxy) is 21. The molecule has 55 atom stereocenters. The van der Waals surface area contributed by atoms with E-state index in [1.54, 1.807) is 0 Å². The highest BCUT2D eigenvalue weighted by molar-refractivity contribution is 5.74. The van der Waals surface area contributed by atoms with Crippen LogP contribution in [0, 0.1) is 0 Å². The Hall–Kier alpha value is -4.12. The van der Waals surface area contributed by atoms with Gasteiger partial charge in [-0.05, 0) is 13.8 Å². The van der Waals surface area contributed by atoms with Gasteiger partial charge in [-0.3, -0.25) is 19.2 Å². The number of amides is 4. The summed E-state index contributed by atoms with van der Waals surface area (Å²) < 4.78 is 127. The van der Waals surface area contributed by atoms with Crippen LogP contribution in [0.2, 0.25) is 0 Å². The molecule has 0 radical (unpaired) electrons. The van der Waals surface area contributed by atoms with E-state index in [1.807, 2.05) is 0 Å². The van der Waals surface area contributed by atoms with Crippen LogP contribution in [-0.4, -0.2) is 569 Å². The smallest absolute Gasteiger partial charge is 0.217 e. The van der Waals surface area contributed by atoms with Gasteiger partial charge in [0, 0.05) is 27.7 Å². The number of carbonyl (C=O) groups is 4. The Labute approximate surface area is 748 Å². The van der Waals surface area contributed by atoms with Gasteiger partial charge in [-0.2, -0.15) is 0 Å². The molecule has 11 aliphatic rings. The summed E-state index contributed by atoms with van der Waals surface area (Å²) in [5, 5.41) is 336. The van der Waals surface area contributed by atoms with Crippen LogP contribution in [0.25, 0.3) is 0 Å². The molecule has 0 bridgehead atoms. The first-order valence-corrected chi connectivity index (χ1v) is 42.4. The van der Waals surface area contributed by atoms with Crippen molar-refractivity contribution in [3.8, 4) is 0 Å². The molecule has 0 saturated carbocycles. The number of hydrogen-bond donors (Lipinski definition) is 33. The van der Waals surface area contributed by atoms with Crippen molar-refractivity contribution in [2.45, 2.75) is 379 Å². The molecule has 58 nitrogen and oxygen atoms in total. The van der Waals surface area contributed by atoms with Crippen molar-refractivity contribution in [2.24, 2.45) is 0 Å². The summed E-state index contributed by atoms with van der Waals surface area (Å²) in [6, 6.07) is -8.19. The maximum Gasteiger partial charge on any atom is 0.217 e. The summed E-state index contributed by atoms with van der Waals surface area (Å²) in [7, 11) is 0. The standard InChI is InChI=1S/C74H124N4O54/c1-16-35(91)46(102)51(107)69(113-16)131-62-48(104)38(94)23(8-80)121-73(62)126-56-32(76-19(4)88)65(116-24(9-81)39(56)95)112-15-30-44(100)60(54(110)72(123-30)125-57-33(77-20(5)89)67(118-25(10-82)40(57)96)128-59-42(98)27(12-84)120-71(53(59)109)124-55-29(14-86)115-64(111)50(106)49(55)105)129-68-34(78-21(6)90)58(41(97)26(11-83)119-68)127-74-63(132-70-52(108)47(103)36(92)17(2)114-70)61(43(99)28(13-85)122-74)130-66-31(75-18(3)87)45(101)37(93)22(7-79)117-66/h16-17,22-74,79-86,91-111H,7-15H2,1-6H3,(H,75,87)(H,76,88)(H,77,89)(H,78,90)/t16-,17-,22+,23+,24+,25+,26+,27+,28+,29+,30+,31+,32+,33+,34+,35+,36+,37-,38-,39+,40+,41+,42-,43-,44-,45+,46+,47+,48-,49+,50+,51-,52-,53+,54+,55+,56+,57+,58+,59-,60-,61-,62+,63+,64+,65+,66+,67-,68-,69-,70-,71-,72-,73-,74-/m0/s1. The Balaban J connectivity index is 0.976. The highest BCUT2D eigenvalue weighted by Gasteiger charge is 2.63. The van der Waals surface area contributed by atoms with E-state index in [9.17, 15) is 167 Å². The van der Waals surface area contributed by atoms with Crippen LogP contribution in [0.15, 0.2) is 0 Å². The van der Waals surface area contributed by atoms with Crippen LogP contribution in [0.3, 0.4) is 0 Å². The van der Waals surface area contributed by atoms with E-state index in [0.29, 0.717) is 0 Å². The van der Waals surface area contributed by atoms with E-state index in [-0.39, 0.29) is 0 Å². The second-order valence-corrected chi connectivity index (χ2v) is 33.7. The number of aliphatic hydroxyl groups excluding tert-OH is 29. The molecule has 0 spiro atoms. The van der Waals surface area contributed by atoms with Gasteiger partial charge in [0.05, 0.1) is 71.7 Å². The highest BCUT2D eigenvalue weighted by atomic mass is 16.8. The third-order valence-corrected chi connectivity index (χ3v) is 24.5.